The largest absolute Gasteiger partial charge is 0.343 e. The van der Waals surface area contributed by atoms with Crippen LogP contribution < -0.4 is 5.73 Å². The van der Waals surface area contributed by atoms with Crippen LogP contribution in [-0.4, -0.2) is 29.9 Å². The summed E-state index contributed by atoms with van der Waals surface area (Å²) in [6, 6.07) is 10.4. The second-order valence-corrected chi connectivity index (χ2v) is 5.41. The molecule has 1 unspecified atom stereocenters. The van der Waals surface area contributed by atoms with Crippen LogP contribution in [0.5, 0.6) is 0 Å². The highest BCUT2D eigenvalue weighted by Gasteiger charge is 2.30. The number of rotatable bonds is 7. The average molecular weight is 260 g/mol. The summed E-state index contributed by atoms with van der Waals surface area (Å²) in [7, 11) is 0. The van der Waals surface area contributed by atoms with Crippen molar-refractivity contribution >= 4 is 5.91 Å². The van der Waals surface area contributed by atoms with E-state index in [1.165, 1.54) is 18.4 Å². The van der Waals surface area contributed by atoms with E-state index in [-0.39, 0.29) is 11.9 Å². The minimum absolute atomic E-state index is 0.0678. The number of nitrogens with two attached hydrogens (primary N) is 1. The summed E-state index contributed by atoms with van der Waals surface area (Å²) in [4.78, 5) is 14.1. The van der Waals surface area contributed by atoms with E-state index in [9.17, 15) is 4.79 Å². The molecular formula is C16H24N2O. The smallest absolute Gasteiger partial charge is 0.224 e. The fraction of sp³-hybridized carbons (Fsp3) is 0.562. The van der Waals surface area contributed by atoms with Crippen LogP contribution in [0.4, 0.5) is 0 Å². The number of nitrogens with zero attached hydrogens (tertiary/aromatic N) is 1. The van der Waals surface area contributed by atoms with Crippen LogP contribution in [0.2, 0.25) is 0 Å². The fourth-order valence-corrected chi connectivity index (χ4v) is 2.39. The Balaban J connectivity index is 1.80. The van der Waals surface area contributed by atoms with E-state index < -0.39 is 0 Å². The number of carbonyl (C=O) groups excluding carboxylic acids is 1. The van der Waals surface area contributed by atoms with Crippen molar-refractivity contribution in [3.63, 3.8) is 0 Å². The number of hydrogen-bond donors (Lipinski definition) is 1. The van der Waals surface area contributed by atoms with Crippen molar-refractivity contribution in [1.82, 2.24) is 4.90 Å². The summed E-state index contributed by atoms with van der Waals surface area (Å²) in [5.41, 5.74) is 7.31. The van der Waals surface area contributed by atoms with Gasteiger partial charge in [0.1, 0.15) is 0 Å². The van der Waals surface area contributed by atoms with Crippen LogP contribution in [-0.2, 0) is 11.2 Å². The van der Waals surface area contributed by atoms with Gasteiger partial charge >= 0.3 is 0 Å². The molecule has 0 spiro atoms. The van der Waals surface area contributed by atoms with Gasteiger partial charge in [-0.2, -0.15) is 0 Å². The van der Waals surface area contributed by atoms with Gasteiger partial charge in [0.2, 0.25) is 5.91 Å². The molecular weight excluding hydrogens is 236 g/mol. The highest BCUT2D eigenvalue weighted by molar-refractivity contribution is 5.76. The molecule has 0 heterocycles. The summed E-state index contributed by atoms with van der Waals surface area (Å²) in [5, 5.41) is 0. The second-order valence-electron chi connectivity index (χ2n) is 5.41. The Morgan fingerprint density at radius 1 is 1.37 bits per heavy atom. The van der Waals surface area contributed by atoms with E-state index in [0.29, 0.717) is 12.3 Å². The molecule has 1 aliphatic rings. The summed E-state index contributed by atoms with van der Waals surface area (Å²) in [6.07, 6.45) is 3.82. The van der Waals surface area contributed by atoms with Crippen LogP contribution in [0, 0.1) is 5.92 Å². The molecule has 2 N–H and O–H groups in total. The van der Waals surface area contributed by atoms with Gasteiger partial charge in [0.15, 0.2) is 0 Å². The van der Waals surface area contributed by atoms with Crippen molar-refractivity contribution in [1.29, 1.82) is 0 Å². The molecule has 0 radical (unpaired) electrons. The van der Waals surface area contributed by atoms with Crippen molar-refractivity contribution < 1.29 is 4.79 Å². The highest BCUT2D eigenvalue weighted by Crippen LogP contribution is 2.32. The first-order chi connectivity index (χ1) is 9.20. The molecule has 1 aromatic carbocycles. The van der Waals surface area contributed by atoms with E-state index in [0.717, 1.165) is 19.5 Å². The number of amides is 1. The molecule has 2 rings (SSSR count). The minimum Gasteiger partial charge on any atom is -0.343 e. The first-order valence-electron chi connectivity index (χ1n) is 7.28. The maximum absolute atomic E-state index is 12.2. The Bertz CT molecular complexity index is 400. The van der Waals surface area contributed by atoms with Crippen LogP contribution in [0.1, 0.15) is 31.7 Å². The number of benzene rings is 1. The van der Waals surface area contributed by atoms with Gasteiger partial charge in [-0.05, 0) is 37.7 Å². The lowest BCUT2D eigenvalue weighted by molar-refractivity contribution is -0.131. The third-order valence-corrected chi connectivity index (χ3v) is 3.89. The molecule has 3 nitrogen and oxygen atoms in total. The van der Waals surface area contributed by atoms with Gasteiger partial charge in [-0.25, -0.2) is 0 Å². The van der Waals surface area contributed by atoms with Gasteiger partial charge < -0.3 is 10.6 Å². The molecule has 1 aromatic rings. The monoisotopic (exact) mass is 260 g/mol. The van der Waals surface area contributed by atoms with Gasteiger partial charge in [0, 0.05) is 25.6 Å². The highest BCUT2D eigenvalue weighted by atomic mass is 16.2. The van der Waals surface area contributed by atoms with Gasteiger partial charge in [-0.3, -0.25) is 4.79 Å². The lowest BCUT2D eigenvalue weighted by Gasteiger charge is -2.22. The van der Waals surface area contributed by atoms with Gasteiger partial charge in [-0.1, -0.05) is 30.3 Å². The Hall–Kier alpha value is -1.35. The summed E-state index contributed by atoms with van der Waals surface area (Å²) >= 11 is 0. The molecule has 19 heavy (non-hydrogen) atoms. The summed E-state index contributed by atoms with van der Waals surface area (Å²) in [5.74, 6) is 0.801. The fourth-order valence-electron chi connectivity index (χ4n) is 2.39. The number of likely N-dealkylation sites (N-methyl/N-ethyl adjacent to an activating group) is 1. The van der Waals surface area contributed by atoms with Crippen molar-refractivity contribution in [2.24, 2.45) is 11.7 Å². The predicted molar refractivity (Wildman–Crippen MR) is 77.7 cm³/mol. The zero-order valence-corrected chi connectivity index (χ0v) is 11.7. The van der Waals surface area contributed by atoms with Crippen molar-refractivity contribution in [3.8, 4) is 0 Å². The number of carbonyl (C=O) groups is 1. The lowest BCUT2D eigenvalue weighted by atomic mass is 10.1. The summed E-state index contributed by atoms with van der Waals surface area (Å²) < 4.78 is 0. The molecule has 1 amide bonds. The predicted octanol–water partition coefficient (Wildman–Crippen LogP) is 2.21. The van der Waals surface area contributed by atoms with E-state index in [2.05, 4.69) is 12.1 Å². The minimum atomic E-state index is 0.0678. The van der Waals surface area contributed by atoms with Crippen molar-refractivity contribution in [3.05, 3.63) is 35.9 Å². The summed E-state index contributed by atoms with van der Waals surface area (Å²) in [6.45, 7) is 3.59. The number of hydrogen-bond acceptors (Lipinski definition) is 2. The quantitative estimate of drug-likeness (QED) is 0.817. The molecule has 3 heteroatoms. The van der Waals surface area contributed by atoms with E-state index >= 15 is 0 Å². The van der Waals surface area contributed by atoms with Crippen LogP contribution in [0.25, 0.3) is 0 Å². The van der Waals surface area contributed by atoms with Gasteiger partial charge in [-0.15, -0.1) is 0 Å². The lowest BCUT2D eigenvalue weighted by Crippen LogP contribution is -2.37. The molecule has 1 aliphatic carbocycles. The van der Waals surface area contributed by atoms with Gasteiger partial charge in [0.05, 0.1) is 0 Å². The first-order valence-corrected chi connectivity index (χ1v) is 7.28. The Morgan fingerprint density at radius 3 is 2.63 bits per heavy atom. The van der Waals surface area contributed by atoms with E-state index in [1.54, 1.807) is 0 Å². The topological polar surface area (TPSA) is 46.3 Å². The molecule has 104 valence electrons. The molecule has 1 atom stereocenters. The molecule has 0 bridgehead atoms. The molecule has 0 saturated heterocycles. The maximum atomic E-state index is 12.2. The van der Waals surface area contributed by atoms with Crippen LogP contribution in [0.3, 0.4) is 0 Å². The Morgan fingerprint density at radius 2 is 2.05 bits per heavy atom. The Labute approximate surface area is 115 Å². The molecule has 0 aliphatic heterocycles. The standard InChI is InChI=1S/C16H24N2O/c1-2-18(11-10-13-6-4-3-5-7-13)16(19)12-15(17)14-8-9-14/h3-7,14-15H,2,8-12,17H2,1H3. The third kappa shape index (κ3) is 4.35. The van der Waals surface area contributed by atoms with Crippen LogP contribution >= 0.6 is 0 Å². The van der Waals surface area contributed by atoms with E-state index in [4.69, 9.17) is 5.73 Å². The third-order valence-electron chi connectivity index (χ3n) is 3.89. The van der Waals surface area contributed by atoms with E-state index in [1.807, 2.05) is 30.0 Å². The Kier molecular flexibility index (Phi) is 4.97. The van der Waals surface area contributed by atoms with Crippen molar-refractivity contribution in [2.45, 2.75) is 38.6 Å². The van der Waals surface area contributed by atoms with Crippen molar-refractivity contribution in [2.75, 3.05) is 13.1 Å². The van der Waals surface area contributed by atoms with Crippen LogP contribution in [0.15, 0.2) is 30.3 Å². The first kappa shape index (κ1) is 14.1. The SMILES string of the molecule is CCN(CCc1ccccc1)C(=O)CC(N)C1CC1. The van der Waals surface area contributed by atoms with Gasteiger partial charge in [0.25, 0.3) is 0 Å². The molecule has 1 fully saturated rings. The molecule has 0 aromatic heterocycles. The molecule has 1 saturated carbocycles. The maximum Gasteiger partial charge on any atom is 0.224 e. The zero-order valence-electron chi connectivity index (χ0n) is 11.7. The average Bonchev–Trinajstić information content (AvgIpc) is 3.25. The second kappa shape index (κ2) is 6.71. The zero-order chi connectivity index (χ0) is 13.7. The normalized spacial score (nSPS) is 16.1.